The van der Waals surface area contributed by atoms with Gasteiger partial charge in [0.1, 0.15) is 10.7 Å². The van der Waals surface area contributed by atoms with Crippen molar-refractivity contribution in [3.63, 3.8) is 0 Å². The lowest BCUT2D eigenvalue weighted by atomic mass is 10.1. The fraction of sp³-hybridized carbons (Fsp3) is 0.286. The Kier molecular flexibility index (Phi) is 5.03. The highest BCUT2D eigenvalue weighted by atomic mass is 32.2. The van der Waals surface area contributed by atoms with Crippen molar-refractivity contribution in [2.75, 3.05) is 11.6 Å². The van der Waals surface area contributed by atoms with Gasteiger partial charge >= 0.3 is 0 Å². The van der Waals surface area contributed by atoms with Crippen molar-refractivity contribution in [2.24, 2.45) is 5.73 Å². The summed E-state index contributed by atoms with van der Waals surface area (Å²) in [5.41, 5.74) is 7.60. The van der Waals surface area contributed by atoms with Crippen LogP contribution in [0.1, 0.15) is 24.1 Å². The number of anilines is 1. The minimum atomic E-state index is 0.388. The first-order valence-electron chi connectivity index (χ1n) is 6.30. The summed E-state index contributed by atoms with van der Waals surface area (Å²) < 4.78 is 5.57. The van der Waals surface area contributed by atoms with E-state index in [1.165, 1.54) is 0 Å². The van der Waals surface area contributed by atoms with Crippen LogP contribution >= 0.6 is 24.0 Å². The highest BCUT2D eigenvalue weighted by molar-refractivity contribution is 7.98. The zero-order valence-electron chi connectivity index (χ0n) is 11.5. The van der Waals surface area contributed by atoms with Crippen LogP contribution < -0.4 is 11.1 Å². The van der Waals surface area contributed by atoms with Gasteiger partial charge in [0.05, 0.1) is 12.7 Å². The van der Waals surface area contributed by atoms with Gasteiger partial charge in [-0.05, 0) is 18.4 Å². The predicted octanol–water partition coefficient (Wildman–Crippen LogP) is 3.21. The fourth-order valence-corrected chi connectivity index (χ4v) is 2.79. The Labute approximate surface area is 128 Å². The molecule has 0 fully saturated rings. The summed E-state index contributed by atoms with van der Waals surface area (Å²) in [5, 5.41) is 3.29. The van der Waals surface area contributed by atoms with Crippen LogP contribution in [-0.2, 0) is 13.0 Å². The molecule has 1 aromatic carbocycles. The number of nitrogens with one attached hydrogen (secondary N) is 1. The molecule has 2 rings (SSSR count). The normalized spacial score (nSPS) is 10.5. The van der Waals surface area contributed by atoms with Crippen molar-refractivity contribution in [2.45, 2.75) is 24.8 Å². The lowest BCUT2D eigenvalue weighted by Gasteiger charge is -2.13. The maximum absolute atomic E-state index is 5.82. The molecular weight excluding hydrogens is 290 g/mol. The van der Waals surface area contributed by atoms with Gasteiger partial charge in [0, 0.05) is 22.6 Å². The minimum absolute atomic E-state index is 0.388. The standard InChI is InChI=1S/C14H17N3OS2/c1-3-9-7-17-12(18-9)8-16-10-5-4-6-11(20-2)13(10)14(15)19/h4-7,16H,3,8H2,1-2H3,(H2,15,19). The van der Waals surface area contributed by atoms with Crippen LogP contribution in [0, 0.1) is 0 Å². The topological polar surface area (TPSA) is 64.1 Å². The maximum Gasteiger partial charge on any atom is 0.213 e. The molecule has 3 N–H and O–H groups in total. The molecule has 106 valence electrons. The zero-order chi connectivity index (χ0) is 14.5. The van der Waals surface area contributed by atoms with Crippen LogP contribution in [-0.4, -0.2) is 16.2 Å². The van der Waals surface area contributed by atoms with Crippen molar-refractivity contribution in [1.29, 1.82) is 0 Å². The van der Waals surface area contributed by atoms with E-state index in [-0.39, 0.29) is 0 Å². The van der Waals surface area contributed by atoms with Gasteiger partial charge in [0.2, 0.25) is 5.89 Å². The van der Waals surface area contributed by atoms with Gasteiger partial charge < -0.3 is 15.5 Å². The van der Waals surface area contributed by atoms with Gasteiger partial charge in [-0.25, -0.2) is 4.98 Å². The number of aromatic nitrogens is 1. The zero-order valence-corrected chi connectivity index (χ0v) is 13.1. The molecule has 0 saturated carbocycles. The number of hydrogen-bond acceptors (Lipinski definition) is 5. The summed E-state index contributed by atoms with van der Waals surface area (Å²) in [6, 6.07) is 5.94. The van der Waals surface area contributed by atoms with Gasteiger partial charge in [-0.2, -0.15) is 0 Å². The Morgan fingerprint density at radius 2 is 2.30 bits per heavy atom. The van der Waals surface area contributed by atoms with E-state index in [1.54, 1.807) is 18.0 Å². The number of aryl methyl sites for hydroxylation is 1. The molecule has 2 aromatic rings. The second-order valence-electron chi connectivity index (χ2n) is 4.17. The van der Waals surface area contributed by atoms with E-state index >= 15 is 0 Å². The predicted molar refractivity (Wildman–Crippen MR) is 87.3 cm³/mol. The van der Waals surface area contributed by atoms with Crippen molar-refractivity contribution < 1.29 is 4.42 Å². The number of thioether (sulfide) groups is 1. The molecule has 1 aromatic heterocycles. The number of hydrogen-bond donors (Lipinski definition) is 2. The van der Waals surface area contributed by atoms with Crippen LogP contribution in [0.3, 0.4) is 0 Å². The van der Waals surface area contributed by atoms with Gasteiger partial charge in [-0.15, -0.1) is 11.8 Å². The molecule has 0 aliphatic carbocycles. The van der Waals surface area contributed by atoms with Crippen LogP contribution in [0.4, 0.5) is 5.69 Å². The minimum Gasteiger partial charge on any atom is -0.444 e. The Morgan fingerprint density at radius 3 is 2.90 bits per heavy atom. The Balaban J connectivity index is 2.18. The molecule has 20 heavy (non-hydrogen) atoms. The van der Waals surface area contributed by atoms with E-state index < -0.39 is 0 Å². The Morgan fingerprint density at radius 1 is 1.50 bits per heavy atom. The highest BCUT2D eigenvalue weighted by Gasteiger charge is 2.11. The maximum atomic E-state index is 5.82. The lowest BCUT2D eigenvalue weighted by Crippen LogP contribution is -2.14. The summed E-state index contributed by atoms with van der Waals surface area (Å²) >= 11 is 6.76. The van der Waals surface area contributed by atoms with Gasteiger partial charge in [-0.3, -0.25) is 0 Å². The number of nitrogens with zero attached hydrogens (tertiary/aromatic N) is 1. The van der Waals surface area contributed by atoms with Crippen LogP contribution in [0.5, 0.6) is 0 Å². The first kappa shape index (κ1) is 14.9. The molecule has 0 spiro atoms. The third kappa shape index (κ3) is 3.32. The highest BCUT2D eigenvalue weighted by Crippen LogP contribution is 2.27. The number of rotatable bonds is 6. The van der Waals surface area contributed by atoms with Gasteiger partial charge in [0.25, 0.3) is 0 Å². The Bertz CT molecular complexity index is 610. The molecule has 0 bridgehead atoms. The van der Waals surface area contributed by atoms with Gasteiger partial charge in [-0.1, -0.05) is 25.2 Å². The third-order valence-electron chi connectivity index (χ3n) is 2.87. The number of nitrogens with two attached hydrogens (primary N) is 1. The molecule has 0 aliphatic rings. The van der Waals surface area contributed by atoms with E-state index in [4.69, 9.17) is 22.4 Å². The molecule has 0 saturated heterocycles. The van der Waals surface area contributed by atoms with E-state index in [0.717, 1.165) is 28.3 Å². The molecule has 1 heterocycles. The van der Waals surface area contributed by atoms with Gasteiger partial charge in [0.15, 0.2) is 0 Å². The molecule has 0 aliphatic heterocycles. The van der Waals surface area contributed by atoms with E-state index in [1.807, 2.05) is 31.4 Å². The quantitative estimate of drug-likeness (QED) is 0.631. The second-order valence-corrected chi connectivity index (χ2v) is 5.46. The monoisotopic (exact) mass is 307 g/mol. The number of thiocarbonyl (C=S) groups is 1. The van der Waals surface area contributed by atoms with E-state index in [0.29, 0.717) is 17.4 Å². The molecule has 4 nitrogen and oxygen atoms in total. The smallest absolute Gasteiger partial charge is 0.213 e. The fourth-order valence-electron chi connectivity index (χ4n) is 1.87. The SMILES string of the molecule is CCc1cnc(CNc2cccc(SC)c2C(N)=S)o1. The lowest BCUT2D eigenvalue weighted by molar-refractivity contribution is 0.466. The van der Waals surface area contributed by atoms with Crippen LogP contribution in [0.15, 0.2) is 33.7 Å². The van der Waals surface area contributed by atoms with Crippen LogP contribution in [0.2, 0.25) is 0 Å². The summed E-state index contributed by atoms with van der Waals surface area (Å²) in [6.07, 6.45) is 4.60. The number of benzene rings is 1. The summed E-state index contributed by atoms with van der Waals surface area (Å²) in [5.74, 6) is 1.54. The first-order chi connectivity index (χ1) is 9.65. The molecule has 0 radical (unpaired) electrons. The third-order valence-corrected chi connectivity index (χ3v) is 3.86. The second kappa shape index (κ2) is 6.76. The van der Waals surface area contributed by atoms with Crippen LogP contribution in [0.25, 0.3) is 0 Å². The average molecular weight is 307 g/mol. The first-order valence-corrected chi connectivity index (χ1v) is 7.93. The van der Waals surface area contributed by atoms with E-state index in [2.05, 4.69) is 10.3 Å². The molecule has 6 heteroatoms. The summed E-state index contributed by atoms with van der Waals surface area (Å²) in [7, 11) is 0. The van der Waals surface area contributed by atoms with E-state index in [9.17, 15) is 0 Å². The Hall–Kier alpha value is -1.53. The van der Waals surface area contributed by atoms with Crippen molar-refractivity contribution >= 4 is 34.7 Å². The average Bonchev–Trinajstić information content (AvgIpc) is 2.92. The summed E-state index contributed by atoms with van der Waals surface area (Å²) in [4.78, 5) is 5.67. The molecule has 0 amide bonds. The van der Waals surface area contributed by atoms with Crippen molar-refractivity contribution in [3.8, 4) is 0 Å². The molecule has 0 unspecified atom stereocenters. The number of oxazole rings is 1. The van der Waals surface area contributed by atoms with Crippen molar-refractivity contribution in [1.82, 2.24) is 4.98 Å². The van der Waals surface area contributed by atoms with Crippen molar-refractivity contribution in [3.05, 3.63) is 41.6 Å². The summed E-state index contributed by atoms with van der Waals surface area (Å²) in [6.45, 7) is 2.54. The largest absolute Gasteiger partial charge is 0.444 e. The molecule has 0 atom stereocenters. The molecular formula is C14H17N3OS2.